The van der Waals surface area contributed by atoms with Crippen LogP contribution in [0.1, 0.15) is 24.8 Å². The van der Waals surface area contributed by atoms with Gasteiger partial charge in [0.25, 0.3) is 5.91 Å². The second-order valence-electron chi connectivity index (χ2n) is 6.08. The molecule has 1 saturated carbocycles. The fourth-order valence-corrected chi connectivity index (χ4v) is 4.44. The number of fused-ring (bicyclic) bond motifs is 5. The molecule has 22 heavy (non-hydrogen) atoms. The van der Waals surface area contributed by atoms with Crippen molar-refractivity contribution < 1.29 is 18.0 Å². The van der Waals surface area contributed by atoms with Gasteiger partial charge in [0.15, 0.2) is 5.11 Å². The smallest absolute Gasteiger partial charge is 0.333 e. The largest absolute Gasteiger partial charge is 0.416 e. The highest BCUT2D eigenvalue weighted by Crippen LogP contribution is 2.47. The summed E-state index contributed by atoms with van der Waals surface area (Å²) >= 11 is 5.39. The molecular weight excluding hydrogens is 313 g/mol. The molecule has 2 bridgehead atoms. The van der Waals surface area contributed by atoms with Crippen LogP contribution in [-0.4, -0.2) is 28.0 Å². The number of halogens is 3. The summed E-state index contributed by atoms with van der Waals surface area (Å²) < 4.78 is 38.6. The molecule has 1 aromatic carbocycles. The maximum absolute atomic E-state index is 12.9. The van der Waals surface area contributed by atoms with E-state index >= 15 is 0 Å². The zero-order valence-electron chi connectivity index (χ0n) is 11.5. The third-order valence-electron chi connectivity index (χ3n) is 4.90. The van der Waals surface area contributed by atoms with Crippen molar-refractivity contribution in [2.24, 2.45) is 5.92 Å². The molecule has 1 aliphatic carbocycles. The van der Waals surface area contributed by atoms with Gasteiger partial charge in [0.05, 0.1) is 11.3 Å². The molecule has 0 unspecified atom stereocenters. The Morgan fingerprint density at radius 1 is 1.23 bits per heavy atom. The molecule has 7 heteroatoms. The number of hydrogen-bond acceptors (Lipinski definition) is 2. The highest BCUT2D eigenvalue weighted by molar-refractivity contribution is 7.80. The first-order valence-electron chi connectivity index (χ1n) is 7.21. The molecule has 0 radical (unpaired) electrons. The van der Waals surface area contributed by atoms with Crippen molar-refractivity contribution in [3.05, 3.63) is 29.8 Å². The predicted octanol–water partition coefficient (Wildman–Crippen LogP) is 3.19. The summed E-state index contributed by atoms with van der Waals surface area (Å²) in [5, 5.41) is 0.349. The second kappa shape index (κ2) is 4.44. The minimum Gasteiger partial charge on any atom is -0.333 e. The first-order chi connectivity index (χ1) is 10.4. The highest BCUT2D eigenvalue weighted by atomic mass is 32.1. The number of carbonyl (C=O) groups excluding carboxylic acids is 1. The maximum Gasteiger partial charge on any atom is 0.416 e. The number of alkyl halides is 3. The normalized spacial score (nSPS) is 30.4. The number of hydrogen-bond donors (Lipinski definition) is 0. The number of nitrogens with zero attached hydrogens (tertiary/aromatic N) is 2. The van der Waals surface area contributed by atoms with Gasteiger partial charge in [-0.05, 0) is 55.6 Å². The topological polar surface area (TPSA) is 23.6 Å². The van der Waals surface area contributed by atoms with Crippen molar-refractivity contribution >= 4 is 28.9 Å². The van der Waals surface area contributed by atoms with Crippen LogP contribution < -0.4 is 4.90 Å². The second-order valence-corrected chi connectivity index (χ2v) is 6.45. The number of carbonyl (C=O) groups is 1. The standard InChI is InChI=1S/C15H13F3N2OS/c16-15(17,18)9-2-1-3-10(7-9)20-13(21)12-8-4-5-11(6-8)19(12)14(20)22/h1-3,7-8,11-12H,4-6H2/t8-,11+,12+/m1/s1. The number of amides is 1. The summed E-state index contributed by atoms with van der Waals surface area (Å²) in [5.41, 5.74) is -0.561. The molecule has 0 spiro atoms. The van der Waals surface area contributed by atoms with Crippen LogP contribution in [0.4, 0.5) is 18.9 Å². The zero-order valence-corrected chi connectivity index (χ0v) is 12.3. The summed E-state index contributed by atoms with van der Waals surface area (Å²) in [6.45, 7) is 0. The van der Waals surface area contributed by atoms with E-state index in [1.165, 1.54) is 17.0 Å². The molecule has 1 amide bonds. The Kier molecular flexibility index (Phi) is 2.82. The van der Waals surface area contributed by atoms with Gasteiger partial charge in [-0.15, -0.1) is 0 Å². The molecule has 3 atom stereocenters. The van der Waals surface area contributed by atoms with Gasteiger partial charge in [-0.3, -0.25) is 9.69 Å². The number of rotatable bonds is 1. The van der Waals surface area contributed by atoms with E-state index in [1.54, 1.807) is 0 Å². The van der Waals surface area contributed by atoms with Gasteiger partial charge in [-0.25, -0.2) is 0 Å². The molecule has 4 rings (SSSR count). The number of piperidine rings is 1. The lowest BCUT2D eigenvalue weighted by Gasteiger charge is -2.28. The maximum atomic E-state index is 12.9. The van der Waals surface area contributed by atoms with Crippen molar-refractivity contribution in [1.82, 2.24) is 4.90 Å². The third-order valence-corrected chi connectivity index (χ3v) is 5.30. The van der Waals surface area contributed by atoms with Crippen LogP contribution in [0, 0.1) is 5.92 Å². The van der Waals surface area contributed by atoms with E-state index in [9.17, 15) is 18.0 Å². The van der Waals surface area contributed by atoms with E-state index in [1.807, 2.05) is 4.90 Å². The first-order valence-corrected chi connectivity index (χ1v) is 7.62. The molecule has 2 heterocycles. The lowest BCUT2D eigenvalue weighted by molar-refractivity contribution is -0.137. The van der Waals surface area contributed by atoms with Gasteiger partial charge >= 0.3 is 6.18 Å². The molecule has 2 saturated heterocycles. The molecule has 0 N–H and O–H groups in total. The van der Waals surface area contributed by atoms with E-state index in [0.29, 0.717) is 5.11 Å². The minimum absolute atomic E-state index is 0.184. The van der Waals surface area contributed by atoms with Crippen molar-refractivity contribution in [2.75, 3.05) is 4.90 Å². The van der Waals surface area contributed by atoms with Crippen LogP contribution >= 0.6 is 12.2 Å². The van der Waals surface area contributed by atoms with Gasteiger partial charge in [-0.1, -0.05) is 6.07 Å². The Hall–Kier alpha value is -1.63. The molecular formula is C15H13F3N2OS. The lowest BCUT2D eigenvalue weighted by Crippen LogP contribution is -2.40. The minimum atomic E-state index is -4.43. The van der Waals surface area contributed by atoms with Crippen LogP contribution in [0.5, 0.6) is 0 Å². The van der Waals surface area contributed by atoms with Gasteiger partial charge in [0.2, 0.25) is 0 Å². The summed E-state index contributed by atoms with van der Waals surface area (Å²) in [6.07, 6.45) is -1.47. The van der Waals surface area contributed by atoms with Crippen molar-refractivity contribution in [1.29, 1.82) is 0 Å². The fraction of sp³-hybridized carbons (Fsp3) is 0.467. The van der Waals surface area contributed by atoms with E-state index in [2.05, 4.69) is 0 Å². The number of benzene rings is 1. The Morgan fingerprint density at radius 2 is 2.00 bits per heavy atom. The lowest BCUT2D eigenvalue weighted by atomic mass is 9.99. The van der Waals surface area contributed by atoms with E-state index in [4.69, 9.17) is 12.2 Å². The average molecular weight is 326 g/mol. The molecule has 3 aliphatic rings. The third kappa shape index (κ3) is 1.81. The van der Waals surface area contributed by atoms with Gasteiger partial charge in [0, 0.05) is 6.04 Å². The SMILES string of the molecule is O=C1[C@@H]2[C@@H]3CC[C@@H](C3)N2C(=S)N1c1cccc(C(F)(F)F)c1. The number of anilines is 1. The van der Waals surface area contributed by atoms with Crippen molar-refractivity contribution in [3.8, 4) is 0 Å². The average Bonchev–Trinajstić information content (AvgIpc) is 3.12. The molecule has 3 nitrogen and oxygen atoms in total. The quantitative estimate of drug-likeness (QED) is 0.741. The summed E-state index contributed by atoms with van der Waals surface area (Å²) in [6, 6.07) is 4.80. The summed E-state index contributed by atoms with van der Waals surface area (Å²) in [4.78, 5) is 15.9. The zero-order chi connectivity index (χ0) is 15.6. The highest BCUT2D eigenvalue weighted by Gasteiger charge is 2.57. The summed E-state index contributed by atoms with van der Waals surface area (Å²) in [7, 11) is 0. The van der Waals surface area contributed by atoms with Crippen molar-refractivity contribution in [3.63, 3.8) is 0 Å². The van der Waals surface area contributed by atoms with Gasteiger partial charge in [0.1, 0.15) is 6.04 Å². The van der Waals surface area contributed by atoms with E-state index in [0.717, 1.165) is 31.4 Å². The summed E-state index contributed by atoms with van der Waals surface area (Å²) in [5.74, 6) is 0.0998. The molecule has 116 valence electrons. The Labute approximate surface area is 130 Å². The monoisotopic (exact) mass is 326 g/mol. The molecule has 3 fully saturated rings. The molecule has 1 aromatic rings. The van der Waals surface area contributed by atoms with Gasteiger partial charge in [-0.2, -0.15) is 13.2 Å². The van der Waals surface area contributed by atoms with E-state index in [-0.39, 0.29) is 29.6 Å². The first kappa shape index (κ1) is 14.0. The van der Waals surface area contributed by atoms with Crippen LogP contribution in [0.2, 0.25) is 0 Å². The fourth-order valence-electron chi connectivity index (χ4n) is 3.98. The van der Waals surface area contributed by atoms with Crippen LogP contribution in [0.25, 0.3) is 0 Å². The Morgan fingerprint density at radius 3 is 2.68 bits per heavy atom. The van der Waals surface area contributed by atoms with E-state index < -0.39 is 11.7 Å². The van der Waals surface area contributed by atoms with Gasteiger partial charge < -0.3 is 4.90 Å². The Bertz CT molecular complexity index is 647. The Balaban J connectivity index is 1.72. The predicted molar refractivity (Wildman–Crippen MR) is 78.3 cm³/mol. The van der Waals surface area contributed by atoms with Crippen LogP contribution in [0.3, 0.4) is 0 Å². The molecule has 0 aromatic heterocycles. The van der Waals surface area contributed by atoms with Crippen LogP contribution in [-0.2, 0) is 11.0 Å². The number of thiocarbonyl (C=S) groups is 1. The van der Waals surface area contributed by atoms with Crippen molar-refractivity contribution in [2.45, 2.75) is 37.5 Å². The van der Waals surface area contributed by atoms with Crippen LogP contribution in [0.15, 0.2) is 24.3 Å². The molecule has 2 aliphatic heterocycles.